The summed E-state index contributed by atoms with van der Waals surface area (Å²) in [6.07, 6.45) is 6.05. The Morgan fingerprint density at radius 1 is 1.64 bits per heavy atom. The van der Waals surface area contributed by atoms with Crippen molar-refractivity contribution in [2.45, 2.75) is 18.9 Å². The molecule has 1 aromatic rings. The van der Waals surface area contributed by atoms with Gasteiger partial charge in [-0.05, 0) is 38.6 Å². The van der Waals surface area contributed by atoms with Gasteiger partial charge in [-0.25, -0.2) is 0 Å². The van der Waals surface area contributed by atoms with Gasteiger partial charge >= 0.3 is 0 Å². The van der Waals surface area contributed by atoms with Crippen LogP contribution in [0.1, 0.15) is 12.8 Å². The van der Waals surface area contributed by atoms with Gasteiger partial charge in [-0.3, -0.25) is 4.98 Å². The van der Waals surface area contributed by atoms with E-state index in [-0.39, 0.29) is 0 Å². The lowest BCUT2D eigenvalue weighted by molar-refractivity contribution is 0.198. The van der Waals surface area contributed by atoms with Crippen molar-refractivity contribution in [3.8, 4) is 5.75 Å². The lowest BCUT2D eigenvalue weighted by Crippen LogP contribution is -2.30. The maximum absolute atomic E-state index is 5.66. The number of aromatic nitrogens is 1. The Hall–Kier alpha value is -1.09. The number of ether oxygens (including phenoxy) is 1. The fourth-order valence-electron chi connectivity index (χ4n) is 1.81. The summed E-state index contributed by atoms with van der Waals surface area (Å²) in [7, 11) is 2.16. The van der Waals surface area contributed by atoms with Crippen molar-refractivity contribution in [1.29, 1.82) is 0 Å². The van der Waals surface area contributed by atoms with E-state index < -0.39 is 0 Å². The summed E-state index contributed by atoms with van der Waals surface area (Å²) in [6.45, 7) is 1.98. The summed E-state index contributed by atoms with van der Waals surface area (Å²) in [6, 6.07) is 4.42. The summed E-state index contributed by atoms with van der Waals surface area (Å²) < 4.78 is 5.66. The molecule has 1 atom stereocenters. The molecule has 0 unspecified atom stereocenters. The minimum Gasteiger partial charge on any atom is -0.490 e. The van der Waals surface area contributed by atoms with Crippen LogP contribution in [-0.4, -0.2) is 36.1 Å². The number of rotatable bonds is 3. The topological polar surface area (TPSA) is 25.4 Å². The molecule has 3 heteroatoms. The number of hydrogen-bond donors (Lipinski definition) is 0. The monoisotopic (exact) mass is 191 g/mol. The summed E-state index contributed by atoms with van der Waals surface area (Å²) in [4.78, 5) is 6.37. The molecule has 0 aliphatic carbocycles. The van der Waals surface area contributed by atoms with Gasteiger partial charge in [-0.2, -0.15) is 0 Å². The van der Waals surface area contributed by atoms with E-state index >= 15 is 0 Å². The predicted molar refractivity (Wildman–Crippen MR) is 55.4 cm³/mol. The molecule has 1 saturated heterocycles. The van der Waals surface area contributed by atoms with E-state index in [4.69, 9.17) is 4.74 Å². The Morgan fingerprint density at radius 3 is 3.21 bits per heavy atom. The molecule has 0 radical (unpaired) electrons. The van der Waals surface area contributed by atoms with Gasteiger partial charge in [0.15, 0.2) is 0 Å². The smallest absolute Gasteiger partial charge is 0.137 e. The van der Waals surface area contributed by atoms with Crippen molar-refractivity contribution < 1.29 is 4.74 Å². The van der Waals surface area contributed by atoms with Crippen molar-refractivity contribution >= 4 is 0 Å². The van der Waals surface area contributed by atoms with Crippen LogP contribution in [-0.2, 0) is 0 Å². The standard InChI is InChI=1S/C11H16N2O/c1-13-7-3-4-10(13)9-14-11-5-2-6-12-8-11/h2,5-6,8,10H,3-4,7,9H2,1H3/t10-/m0/s1/i1-1. The normalized spacial score (nSPS) is 22.5. The second-order valence-electron chi connectivity index (χ2n) is 3.78. The van der Waals surface area contributed by atoms with E-state index in [2.05, 4.69) is 16.9 Å². The molecule has 3 nitrogen and oxygen atoms in total. The average molecular weight is 191 g/mol. The second-order valence-corrected chi connectivity index (χ2v) is 3.78. The van der Waals surface area contributed by atoms with Crippen LogP contribution < -0.4 is 4.74 Å². The molecule has 1 aliphatic rings. The molecule has 1 aromatic heterocycles. The number of likely N-dealkylation sites (N-methyl/N-ethyl adjacent to an activating group) is 1. The van der Waals surface area contributed by atoms with Gasteiger partial charge in [0, 0.05) is 12.2 Å². The summed E-state index contributed by atoms with van der Waals surface area (Å²) in [5.74, 6) is 0.868. The van der Waals surface area contributed by atoms with Gasteiger partial charge in [0.2, 0.25) is 0 Å². The zero-order chi connectivity index (χ0) is 9.80. The molecule has 0 aromatic carbocycles. The Morgan fingerprint density at radius 2 is 2.57 bits per heavy atom. The number of nitrogens with zero attached hydrogens (tertiary/aromatic N) is 2. The molecule has 0 spiro atoms. The third kappa shape index (κ3) is 2.23. The van der Waals surface area contributed by atoms with Gasteiger partial charge in [0.25, 0.3) is 0 Å². The number of hydrogen-bond acceptors (Lipinski definition) is 3. The summed E-state index contributed by atoms with van der Waals surface area (Å²) in [5, 5.41) is 0. The molecule has 2 heterocycles. The lowest BCUT2D eigenvalue weighted by atomic mass is 10.2. The molecule has 0 saturated carbocycles. The predicted octanol–water partition coefficient (Wildman–Crippen LogP) is 1.55. The Bertz CT molecular complexity index is 276. The number of pyridine rings is 1. The zero-order valence-electron chi connectivity index (χ0n) is 8.52. The van der Waals surface area contributed by atoms with Crippen molar-refractivity contribution in [2.75, 3.05) is 20.2 Å². The minimum absolute atomic E-state index is 0.579. The van der Waals surface area contributed by atoms with Crippen LogP contribution in [0.5, 0.6) is 5.75 Å². The van der Waals surface area contributed by atoms with Crippen LogP contribution >= 0.6 is 0 Å². The molecule has 1 aliphatic heterocycles. The van der Waals surface area contributed by atoms with E-state index in [1.807, 2.05) is 12.1 Å². The highest BCUT2D eigenvalue weighted by molar-refractivity contribution is 5.15. The fraction of sp³-hybridized carbons (Fsp3) is 0.545. The van der Waals surface area contributed by atoms with Crippen molar-refractivity contribution in [3.63, 3.8) is 0 Å². The molecule has 0 bridgehead atoms. The van der Waals surface area contributed by atoms with E-state index in [0.29, 0.717) is 6.04 Å². The third-order valence-electron chi connectivity index (χ3n) is 2.75. The zero-order valence-corrected chi connectivity index (χ0v) is 8.52. The van der Waals surface area contributed by atoms with E-state index in [0.717, 1.165) is 12.4 Å². The summed E-state index contributed by atoms with van der Waals surface area (Å²) in [5.41, 5.74) is 0. The van der Waals surface area contributed by atoms with Crippen molar-refractivity contribution in [1.82, 2.24) is 9.88 Å². The molecule has 76 valence electrons. The van der Waals surface area contributed by atoms with E-state index in [9.17, 15) is 0 Å². The highest BCUT2D eigenvalue weighted by Gasteiger charge is 2.20. The first-order chi connectivity index (χ1) is 6.86. The van der Waals surface area contributed by atoms with Gasteiger partial charge in [0.05, 0.1) is 6.20 Å². The van der Waals surface area contributed by atoms with E-state index in [1.165, 1.54) is 19.4 Å². The molecular formula is C11H16N2O. The minimum atomic E-state index is 0.579. The molecular weight excluding hydrogens is 175 g/mol. The highest BCUT2D eigenvalue weighted by atomic mass is 16.5. The third-order valence-corrected chi connectivity index (χ3v) is 2.75. The van der Waals surface area contributed by atoms with Gasteiger partial charge < -0.3 is 9.64 Å². The largest absolute Gasteiger partial charge is 0.490 e. The first-order valence-electron chi connectivity index (χ1n) is 5.09. The fourth-order valence-corrected chi connectivity index (χ4v) is 1.81. The van der Waals surface area contributed by atoms with Gasteiger partial charge in [-0.1, -0.05) is 0 Å². The maximum atomic E-state index is 5.66. The molecule has 2 rings (SSSR count). The van der Waals surface area contributed by atoms with Crippen molar-refractivity contribution in [3.05, 3.63) is 24.5 Å². The first-order valence-corrected chi connectivity index (χ1v) is 5.09. The van der Waals surface area contributed by atoms with E-state index in [1.54, 1.807) is 12.4 Å². The Balaban J connectivity index is 1.82. The van der Waals surface area contributed by atoms with Crippen LogP contribution in [0.2, 0.25) is 0 Å². The molecule has 1 fully saturated rings. The summed E-state index contributed by atoms with van der Waals surface area (Å²) >= 11 is 0. The van der Waals surface area contributed by atoms with Crippen LogP contribution in [0.25, 0.3) is 0 Å². The quantitative estimate of drug-likeness (QED) is 0.725. The lowest BCUT2D eigenvalue weighted by Gasteiger charge is -2.19. The van der Waals surface area contributed by atoms with Gasteiger partial charge in [0.1, 0.15) is 12.4 Å². The SMILES string of the molecule is [11CH3]N1CCC[C@H]1COc1cccnc1. The van der Waals surface area contributed by atoms with Crippen LogP contribution in [0.3, 0.4) is 0 Å². The Kier molecular flexibility index (Phi) is 2.99. The Labute approximate surface area is 84.7 Å². The second kappa shape index (κ2) is 4.42. The highest BCUT2D eigenvalue weighted by Crippen LogP contribution is 2.16. The molecule has 0 N–H and O–H groups in total. The average Bonchev–Trinajstić information content (AvgIpc) is 2.63. The van der Waals surface area contributed by atoms with Gasteiger partial charge in [-0.15, -0.1) is 0 Å². The van der Waals surface area contributed by atoms with Crippen LogP contribution in [0, 0.1) is 0 Å². The first kappa shape index (κ1) is 9.46. The van der Waals surface area contributed by atoms with Crippen molar-refractivity contribution in [2.24, 2.45) is 0 Å². The maximum Gasteiger partial charge on any atom is 0.137 e. The van der Waals surface area contributed by atoms with Crippen LogP contribution in [0.15, 0.2) is 24.5 Å². The molecule has 0 amide bonds. The number of likely N-dealkylation sites (tertiary alicyclic amines) is 1. The van der Waals surface area contributed by atoms with Crippen LogP contribution in [0.4, 0.5) is 0 Å². The molecule has 14 heavy (non-hydrogen) atoms.